The number of likely N-dealkylation sites (N-methyl/N-ethyl adjacent to an activating group) is 1. The molecule has 1 N–H and O–H groups in total. The van der Waals surface area contributed by atoms with Crippen molar-refractivity contribution in [2.24, 2.45) is 0 Å². The van der Waals surface area contributed by atoms with Crippen LogP contribution in [0.1, 0.15) is 11.1 Å². The third kappa shape index (κ3) is 5.19. The van der Waals surface area contributed by atoms with Crippen LogP contribution in [0.2, 0.25) is 5.02 Å². The number of rotatable bonds is 4. The first-order chi connectivity index (χ1) is 12.2. The predicted octanol–water partition coefficient (Wildman–Crippen LogP) is 3.39. The summed E-state index contributed by atoms with van der Waals surface area (Å²) in [6.07, 6.45) is -0.864. The molecule has 0 aliphatic carbocycles. The number of hydrogen-bond acceptors (Lipinski definition) is 3. The molecule has 1 aromatic heterocycles. The first-order valence-corrected chi connectivity index (χ1v) is 7.88. The quantitative estimate of drug-likeness (QED) is 0.820. The number of halogens is 4. The maximum absolute atomic E-state index is 12.8. The van der Waals surface area contributed by atoms with Gasteiger partial charge in [0.15, 0.2) is 0 Å². The molecule has 0 saturated carbocycles. The van der Waals surface area contributed by atoms with Crippen LogP contribution in [-0.4, -0.2) is 35.3 Å². The number of carbonyl (C=O) groups excluding carboxylic acids is 2. The molecule has 1 aromatic carbocycles. The highest BCUT2D eigenvalue weighted by atomic mass is 35.5. The van der Waals surface area contributed by atoms with Crippen LogP contribution in [0.5, 0.6) is 0 Å². The van der Waals surface area contributed by atoms with E-state index in [2.05, 4.69) is 10.3 Å². The highest BCUT2D eigenvalue weighted by Crippen LogP contribution is 2.33. The van der Waals surface area contributed by atoms with E-state index in [1.54, 1.807) is 24.5 Å². The van der Waals surface area contributed by atoms with Crippen LogP contribution < -0.4 is 5.32 Å². The number of nitrogens with zero attached hydrogens (tertiary/aromatic N) is 2. The normalized spacial score (nSPS) is 11.1. The van der Waals surface area contributed by atoms with Crippen molar-refractivity contribution in [2.45, 2.75) is 12.6 Å². The molecule has 2 rings (SSSR count). The first kappa shape index (κ1) is 19.7. The summed E-state index contributed by atoms with van der Waals surface area (Å²) in [6.45, 7) is 0.257. The fraction of sp³-hybridized carbons (Fsp3) is 0.235. The van der Waals surface area contributed by atoms with Crippen molar-refractivity contribution in [1.82, 2.24) is 9.88 Å². The van der Waals surface area contributed by atoms with Gasteiger partial charge in [-0.2, -0.15) is 13.2 Å². The fourth-order valence-corrected chi connectivity index (χ4v) is 2.26. The molecule has 0 radical (unpaired) electrons. The second-order valence-corrected chi connectivity index (χ2v) is 5.89. The second-order valence-electron chi connectivity index (χ2n) is 5.48. The van der Waals surface area contributed by atoms with Crippen molar-refractivity contribution in [3.05, 3.63) is 58.9 Å². The number of pyridine rings is 1. The van der Waals surface area contributed by atoms with Gasteiger partial charge in [0, 0.05) is 26.0 Å². The predicted molar refractivity (Wildman–Crippen MR) is 90.7 cm³/mol. The third-order valence-electron chi connectivity index (χ3n) is 3.57. The van der Waals surface area contributed by atoms with Gasteiger partial charge in [0.05, 0.1) is 16.3 Å². The van der Waals surface area contributed by atoms with Crippen molar-refractivity contribution in [3.63, 3.8) is 0 Å². The highest BCUT2D eigenvalue weighted by Gasteiger charge is 2.31. The number of nitrogens with one attached hydrogen (secondary N) is 1. The minimum Gasteiger partial charge on any atom is -0.337 e. The Labute approximate surface area is 152 Å². The van der Waals surface area contributed by atoms with Crippen LogP contribution in [0, 0.1) is 0 Å². The highest BCUT2D eigenvalue weighted by molar-refractivity contribution is 6.41. The summed E-state index contributed by atoms with van der Waals surface area (Å²) in [5.41, 5.74) is -0.320. The van der Waals surface area contributed by atoms with Crippen molar-refractivity contribution in [2.75, 3.05) is 18.9 Å². The third-order valence-corrected chi connectivity index (χ3v) is 3.90. The number of carbonyl (C=O) groups is 2. The van der Waals surface area contributed by atoms with Gasteiger partial charge in [0.25, 0.3) is 0 Å². The number of alkyl halides is 3. The van der Waals surface area contributed by atoms with Crippen LogP contribution in [0.4, 0.5) is 18.9 Å². The molecule has 0 unspecified atom stereocenters. The van der Waals surface area contributed by atoms with Gasteiger partial charge in [-0.15, -0.1) is 0 Å². The minimum atomic E-state index is -4.59. The Morgan fingerprint density at radius 3 is 2.46 bits per heavy atom. The van der Waals surface area contributed by atoms with E-state index in [4.69, 9.17) is 11.6 Å². The van der Waals surface area contributed by atoms with Crippen molar-refractivity contribution < 1.29 is 22.8 Å². The Bertz CT molecular complexity index is 798. The van der Waals surface area contributed by atoms with E-state index in [1.807, 2.05) is 0 Å². The van der Waals surface area contributed by atoms with Gasteiger partial charge < -0.3 is 10.2 Å². The molecule has 2 aromatic rings. The Kier molecular flexibility index (Phi) is 6.20. The molecule has 0 spiro atoms. The maximum Gasteiger partial charge on any atom is 0.416 e. The van der Waals surface area contributed by atoms with Gasteiger partial charge in [-0.25, -0.2) is 0 Å². The van der Waals surface area contributed by atoms with Crippen LogP contribution in [0.25, 0.3) is 0 Å². The van der Waals surface area contributed by atoms with Gasteiger partial charge in [0.1, 0.15) is 0 Å². The second kappa shape index (κ2) is 8.18. The first-order valence-electron chi connectivity index (χ1n) is 7.50. The van der Waals surface area contributed by atoms with Gasteiger partial charge in [0.2, 0.25) is 0 Å². The summed E-state index contributed by atoms with van der Waals surface area (Å²) in [5.74, 6) is -1.95. The van der Waals surface area contributed by atoms with E-state index in [9.17, 15) is 22.8 Å². The summed E-state index contributed by atoms with van der Waals surface area (Å²) in [5, 5.41) is 2.03. The van der Waals surface area contributed by atoms with Crippen LogP contribution in [-0.2, 0) is 22.2 Å². The van der Waals surface area contributed by atoms with Crippen LogP contribution in [0.3, 0.4) is 0 Å². The summed E-state index contributed by atoms with van der Waals surface area (Å²) in [7, 11) is 1.43. The molecule has 0 fully saturated rings. The van der Waals surface area contributed by atoms with Gasteiger partial charge in [-0.05, 0) is 42.3 Å². The van der Waals surface area contributed by atoms with E-state index in [1.165, 1.54) is 11.9 Å². The van der Waals surface area contributed by atoms with Crippen LogP contribution >= 0.6 is 11.6 Å². The minimum absolute atomic E-state index is 0.0985. The number of benzene rings is 1. The van der Waals surface area contributed by atoms with E-state index in [0.717, 1.165) is 17.7 Å². The number of anilines is 1. The molecule has 2 amide bonds. The summed E-state index contributed by atoms with van der Waals surface area (Å²) >= 11 is 5.80. The van der Waals surface area contributed by atoms with Gasteiger partial charge in [-0.3, -0.25) is 14.6 Å². The molecular weight excluding hydrogens is 371 g/mol. The molecule has 1 heterocycles. The summed E-state index contributed by atoms with van der Waals surface area (Å²) in [6, 6.07) is 6.05. The number of aromatic nitrogens is 1. The molecule has 0 aliphatic heterocycles. The van der Waals surface area contributed by atoms with E-state index in [0.29, 0.717) is 12.5 Å². The van der Waals surface area contributed by atoms with Crippen molar-refractivity contribution >= 4 is 29.1 Å². The summed E-state index contributed by atoms with van der Waals surface area (Å²) in [4.78, 5) is 29.2. The lowest BCUT2D eigenvalue weighted by Crippen LogP contribution is -2.38. The fourth-order valence-electron chi connectivity index (χ4n) is 2.09. The average Bonchev–Trinajstić information content (AvgIpc) is 2.60. The molecule has 0 saturated heterocycles. The lowest BCUT2D eigenvalue weighted by molar-refractivity contribution is -0.142. The Morgan fingerprint density at radius 1 is 1.19 bits per heavy atom. The van der Waals surface area contributed by atoms with E-state index in [-0.39, 0.29) is 17.3 Å². The molecule has 0 aliphatic rings. The average molecular weight is 386 g/mol. The number of amides is 2. The maximum atomic E-state index is 12.8. The standard InChI is InChI=1S/C17H15ClF3N3O2/c1-24(9-6-11-4-7-22-8-5-11)16(26)15(25)23-14-10-12(17(19,20)21)2-3-13(14)18/h2-5,7-8,10H,6,9H2,1H3,(H,23,25). The largest absolute Gasteiger partial charge is 0.416 e. The van der Waals surface area contributed by atoms with Crippen molar-refractivity contribution in [3.8, 4) is 0 Å². The van der Waals surface area contributed by atoms with E-state index < -0.39 is 23.6 Å². The molecule has 0 atom stereocenters. The lowest BCUT2D eigenvalue weighted by Gasteiger charge is -2.17. The Morgan fingerprint density at radius 2 is 1.85 bits per heavy atom. The molecule has 26 heavy (non-hydrogen) atoms. The lowest BCUT2D eigenvalue weighted by atomic mass is 10.2. The molecule has 138 valence electrons. The zero-order valence-corrected chi connectivity index (χ0v) is 14.4. The molecular formula is C17H15ClF3N3O2. The van der Waals surface area contributed by atoms with Gasteiger partial charge >= 0.3 is 18.0 Å². The molecule has 5 nitrogen and oxygen atoms in total. The van der Waals surface area contributed by atoms with E-state index >= 15 is 0 Å². The topological polar surface area (TPSA) is 62.3 Å². The van der Waals surface area contributed by atoms with Crippen LogP contribution in [0.15, 0.2) is 42.7 Å². The zero-order chi connectivity index (χ0) is 19.3. The monoisotopic (exact) mass is 385 g/mol. The zero-order valence-electron chi connectivity index (χ0n) is 13.7. The van der Waals surface area contributed by atoms with Crippen molar-refractivity contribution in [1.29, 1.82) is 0 Å². The van der Waals surface area contributed by atoms with Gasteiger partial charge in [-0.1, -0.05) is 11.6 Å². The summed E-state index contributed by atoms with van der Waals surface area (Å²) < 4.78 is 38.3. The smallest absolute Gasteiger partial charge is 0.337 e. The Balaban J connectivity index is 2.01. The number of hydrogen-bond donors (Lipinski definition) is 1. The Hall–Kier alpha value is -2.61. The molecule has 0 bridgehead atoms. The molecule has 9 heteroatoms. The SMILES string of the molecule is CN(CCc1ccncc1)C(=O)C(=O)Nc1cc(C(F)(F)F)ccc1Cl.